The van der Waals surface area contributed by atoms with Crippen molar-refractivity contribution in [3.8, 4) is 11.3 Å². The van der Waals surface area contributed by atoms with Crippen LogP contribution in [-0.4, -0.2) is 64.7 Å². The van der Waals surface area contributed by atoms with Crippen molar-refractivity contribution in [3.63, 3.8) is 0 Å². The lowest BCUT2D eigenvalue weighted by Crippen LogP contribution is -2.43. The minimum atomic E-state index is -0.813. The van der Waals surface area contributed by atoms with Crippen LogP contribution in [0.1, 0.15) is 16.9 Å². The molecular weight excluding hydrogens is 302 g/mol. The summed E-state index contributed by atoms with van der Waals surface area (Å²) < 4.78 is 1.93. The third-order valence-electron chi connectivity index (χ3n) is 4.64. The van der Waals surface area contributed by atoms with Gasteiger partial charge in [-0.15, -0.1) is 0 Å². The van der Waals surface area contributed by atoms with E-state index >= 15 is 0 Å². The van der Waals surface area contributed by atoms with E-state index in [1.807, 2.05) is 73.1 Å². The molecule has 1 atom stereocenters. The second-order valence-corrected chi connectivity index (χ2v) is 6.97. The topological polar surface area (TPSA) is 48.7 Å². The second-order valence-electron chi connectivity index (χ2n) is 6.97. The zero-order valence-corrected chi connectivity index (χ0v) is 14.6. The molecule has 2 heterocycles. The lowest BCUT2D eigenvalue weighted by molar-refractivity contribution is 0.0234. The predicted molar refractivity (Wildman–Crippen MR) is 94.9 cm³/mol. The van der Waals surface area contributed by atoms with Crippen molar-refractivity contribution >= 4 is 5.91 Å². The van der Waals surface area contributed by atoms with E-state index in [4.69, 9.17) is 0 Å². The van der Waals surface area contributed by atoms with Crippen LogP contribution in [-0.2, 0) is 7.05 Å². The Kier molecular flexibility index (Phi) is 4.47. The molecule has 1 amide bonds. The van der Waals surface area contributed by atoms with E-state index in [1.54, 1.807) is 4.90 Å². The normalized spacial score (nSPS) is 20.8. The lowest BCUT2D eigenvalue weighted by Gasteiger charge is -2.26. The van der Waals surface area contributed by atoms with Crippen molar-refractivity contribution in [2.45, 2.75) is 12.0 Å². The highest BCUT2D eigenvalue weighted by Crippen LogP contribution is 2.26. The first kappa shape index (κ1) is 16.7. The summed E-state index contributed by atoms with van der Waals surface area (Å²) in [6.45, 7) is 1.55. The molecule has 1 aromatic heterocycles. The monoisotopic (exact) mass is 327 g/mol. The molecule has 5 heteroatoms. The fourth-order valence-electron chi connectivity index (χ4n) is 3.53. The summed E-state index contributed by atoms with van der Waals surface area (Å²) in [6.07, 6.45) is 0.618. The number of hydrogen-bond donors (Lipinski definition) is 1. The maximum atomic E-state index is 12.9. The lowest BCUT2D eigenvalue weighted by atomic mass is 10.0. The average molecular weight is 327 g/mol. The molecule has 1 aliphatic heterocycles. The van der Waals surface area contributed by atoms with Crippen molar-refractivity contribution in [2.75, 3.05) is 33.7 Å². The van der Waals surface area contributed by atoms with Gasteiger partial charge in [0, 0.05) is 25.8 Å². The van der Waals surface area contributed by atoms with Gasteiger partial charge in [0.1, 0.15) is 5.69 Å². The fraction of sp³-hybridized carbons (Fsp3) is 0.421. The van der Waals surface area contributed by atoms with Crippen molar-refractivity contribution < 1.29 is 9.90 Å². The smallest absolute Gasteiger partial charge is 0.270 e. The summed E-state index contributed by atoms with van der Waals surface area (Å²) >= 11 is 0. The number of rotatable bonds is 4. The molecule has 1 N–H and O–H groups in total. The summed E-state index contributed by atoms with van der Waals surface area (Å²) in [7, 11) is 5.79. The van der Waals surface area contributed by atoms with Crippen LogP contribution in [0.5, 0.6) is 0 Å². The average Bonchev–Trinajstić information content (AvgIpc) is 3.10. The van der Waals surface area contributed by atoms with Crippen molar-refractivity contribution in [2.24, 2.45) is 7.05 Å². The summed E-state index contributed by atoms with van der Waals surface area (Å²) in [5.41, 5.74) is 1.95. The molecule has 0 unspecified atom stereocenters. The quantitative estimate of drug-likeness (QED) is 0.932. The standard InChI is InChI=1S/C19H25N3O2/c1-20(2)13-19(24)11-12-22(14-19)18(23)17-10-9-16(21(17)3)15-7-5-4-6-8-15/h4-10,24H,11-14H2,1-3H3/t19-/m0/s1. The van der Waals surface area contributed by atoms with Gasteiger partial charge in [-0.2, -0.15) is 0 Å². The molecule has 0 saturated carbocycles. The Hall–Kier alpha value is -2.11. The van der Waals surface area contributed by atoms with Crippen molar-refractivity contribution in [1.82, 2.24) is 14.4 Å². The Bertz CT molecular complexity index is 723. The molecule has 0 spiro atoms. The molecule has 1 aliphatic rings. The maximum Gasteiger partial charge on any atom is 0.270 e. The molecule has 0 bridgehead atoms. The van der Waals surface area contributed by atoms with Crippen LogP contribution in [0, 0.1) is 0 Å². The van der Waals surface area contributed by atoms with E-state index in [2.05, 4.69) is 0 Å². The van der Waals surface area contributed by atoms with Crippen LogP contribution < -0.4 is 0 Å². The number of carbonyl (C=O) groups is 1. The first-order chi connectivity index (χ1) is 11.4. The summed E-state index contributed by atoms with van der Waals surface area (Å²) in [5, 5.41) is 10.6. The number of nitrogens with zero attached hydrogens (tertiary/aromatic N) is 3. The molecule has 1 fully saturated rings. The van der Waals surface area contributed by atoms with Gasteiger partial charge in [0.2, 0.25) is 0 Å². The predicted octanol–water partition coefficient (Wildman–Crippen LogP) is 1.83. The number of benzene rings is 1. The van der Waals surface area contributed by atoms with Gasteiger partial charge < -0.3 is 19.5 Å². The van der Waals surface area contributed by atoms with Gasteiger partial charge in [-0.05, 0) is 38.2 Å². The summed E-state index contributed by atoms with van der Waals surface area (Å²) in [6, 6.07) is 13.9. The van der Waals surface area contributed by atoms with Gasteiger partial charge in [-0.25, -0.2) is 0 Å². The molecule has 1 saturated heterocycles. The number of aliphatic hydroxyl groups is 1. The largest absolute Gasteiger partial charge is 0.387 e. The van der Waals surface area contributed by atoms with Crippen LogP contribution in [0.4, 0.5) is 0 Å². The zero-order chi connectivity index (χ0) is 17.3. The highest BCUT2D eigenvalue weighted by molar-refractivity contribution is 5.94. The number of likely N-dealkylation sites (N-methyl/N-ethyl adjacent to an activating group) is 1. The summed E-state index contributed by atoms with van der Waals surface area (Å²) in [4.78, 5) is 16.6. The Morgan fingerprint density at radius 3 is 2.58 bits per heavy atom. The highest BCUT2D eigenvalue weighted by Gasteiger charge is 2.39. The van der Waals surface area contributed by atoms with Gasteiger partial charge in [0.25, 0.3) is 5.91 Å². The first-order valence-electron chi connectivity index (χ1n) is 8.27. The van der Waals surface area contributed by atoms with Crippen LogP contribution in [0.2, 0.25) is 0 Å². The highest BCUT2D eigenvalue weighted by atomic mass is 16.3. The first-order valence-corrected chi connectivity index (χ1v) is 8.27. The number of carbonyl (C=O) groups excluding carboxylic acids is 1. The van der Waals surface area contributed by atoms with E-state index < -0.39 is 5.60 Å². The number of β-amino-alcohol motifs (C(OH)–C–C–N with tert-alkyl or cyclic N) is 1. The van der Waals surface area contributed by atoms with E-state index in [9.17, 15) is 9.90 Å². The van der Waals surface area contributed by atoms with Gasteiger partial charge in [-0.1, -0.05) is 30.3 Å². The molecule has 24 heavy (non-hydrogen) atoms. The third-order valence-corrected chi connectivity index (χ3v) is 4.64. The maximum absolute atomic E-state index is 12.9. The van der Waals surface area contributed by atoms with E-state index in [1.165, 1.54) is 0 Å². The minimum Gasteiger partial charge on any atom is -0.387 e. The number of aromatic nitrogens is 1. The minimum absolute atomic E-state index is 0.0191. The fourth-order valence-corrected chi connectivity index (χ4v) is 3.53. The van der Waals surface area contributed by atoms with Gasteiger partial charge >= 0.3 is 0 Å². The molecule has 1 aromatic carbocycles. The summed E-state index contributed by atoms with van der Waals surface area (Å²) in [5.74, 6) is -0.0191. The van der Waals surface area contributed by atoms with Gasteiger partial charge in [-0.3, -0.25) is 4.79 Å². The van der Waals surface area contributed by atoms with Crippen LogP contribution >= 0.6 is 0 Å². The SMILES string of the molecule is CN(C)C[C@@]1(O)CCN(C(=O)c2ccc(-c3ccccc3)n2C)C1. The van der Waals surface area contributed by atoms with Gasteiger partial charge in [0.15, 0.2) is 0 Å². The van der Waals surface area contributed by atoms with E-state index in [0.717, 1.165) is 11.3 Å². The van der Waals surface area contributed by atoms with E-state index in [-0.39, 0.29) is 5.91 Å². The number of amides is 1. The molecule has 3 rings (SSSR count). The van der Waals surface area contributed by atoms with E-state index in [0.29, 0.717) is 31.7 Å². The molecule has 5 nitrogen and oxygen atoms in total. The number of likely N-dealkylation sites (tertiary alicyclic amines) is 1. The number of hydrogen-bond acceptors (Lipinski definition) is 3. The zero-order valence-electron chi connectivity index (χ0n) is 14.6. The Labute approximate surface area is 143 Å². The Balaban J connectivity index is 1.79. The third kappa shape index (κ3) is 3.23. The van der Waals surface area contributed by atoms with Gasteiger partial charge in [0.05, 0.1) is 12.1 Å². The second kappa shape index (κ2) is 6.42. The molecule has 0 aliphatic carbocycles. The molecular formula is C19H25N3O2. The van der Waals surface area contributed by atoms with Crippen LogP contribution in [0.3, 0.4) is 0 Å². The Morgan fingerprint density at radius 2 is 1.92 bits per heavy atom. The van der Waals surface area contributed by atoms with Crippen molar-refractivity contribution in [1.29, 1.82) is 0 Å². The van der Waals surface area contributed by atoms with Crippen molar-refractivity contribution in [3.05, 3.63) is 48.2 Å². The molecule has 0 radical (unpaired) electrons. The molecule has 128 valence electrons. The Morgan fingerprint density at radius 1 is 1.21 bits per heavy atom. The molecule has 2 aromatic rings. The van der Waals surface area contributed by atoms with Crippen LogP contribution in [0.15, 0.2) is 42.5 Å². The van der Waals surface area contributed by atoms with Crippen LogP contribution in [0.25, 0.3) is 11.3 Å².